The third kappa shape index (κ3) is 4.15. The van der Waals surface area contributed by atoms with E-state index in [0.29, 0.717) is 4.47 Å². The number of nitrogens with two attached hydrogens (primary N) is 1. The van der Waals surface area contributed by atoms with Crippen molar-refractivity contribution in [1.82, 2.24) is 9.71 Å². The lowest BCUT2D eigenvalue weighted by Gasteiger charge is -2.28. The normalized spacial score (nSPS) is 23.0. The molecule has 0 spiro atoms. The first-order valence-electron chi connectivity index (χ1n) is 7.10. The molecule has 1 saturated carbocycles. The lowest BCUT2D eigenvalue weighted by molar-refractivity contribution is 0.306. The van der Waals surface area contributed by atoms with Crippen LogP contribution in [0.15, 0.2) is 21.6 Å². The van der Waals surface area contributed by atoms with Gasteiger partial charge in [0.1, 0.15) is 4.90 Å². The second-order valence-electron chi connectivity index (χ2n) is 5.39. The fourth-order valence-electron chi connectivity index (χ4n) is 2.71. The first-order valence-corrected chi connectivity index (χ1v) is 9.38. The van der Waals surface area contributed by atoms with Gasteiger partial charge in [-0.25, -0.2) is 24.0 Å². The third-order valence-corrected chi connectivity index (χ3v) is 5.96. The number of halogens is 1. The second-order valence-corrected chi connectivity index (χ2v) is 7.99. The molecule has 0 unspecified atom stereocenters. The van der Waals surface area contributed by atoms with E-state index in [0.717, 1.165) is 38.0 Å². The van der Waals surface area contributed by atoms with Crippen molar-refractivity contribution in [2.75, 3.05) is 5.43 Å². The van der Waals surface area contributed by atoms with Crippen molar-refractivity contribution in [3.05, 3.63) is 16.7 Å². The van der Waals surface area contributed by atoms with Gasteiger partial charge in [-0.2, -0.15) is 0 Å². The SMILES string of the molecule is CCC1CCC(NS(=O)(=O)c2cc(Br)cnc2NN)CC1. The zero-order chi connectivity index (χ0) is 15.5. The summed E-state index contributed by atoms with van der Waals surface area (Å²) < 4.78 is 28.4. The van der Waals surface area contributed by atoms with Crippen LogP contribution >= 0.6 is 15.9 Å². The Hall–Kier alpha value is -0.700. The Morgan fingerprint density at radius 3 is 2.62 bits per heavy atom. The molecule has 0 saturated heterocycles. The van der Waals surface area contributed by atoms with Crippen molar-refractivity contribution in [3.8, 4) is 0 Å². The van der Waals surface area contributed by atoms with Gasteiger partial charge >= 0.3 is 0 Å². The summed E-state index contributed by atoms with van der Waals surface area (Å²) in [6.45, 7) is 2.18. The molecular weight excluding hydrogens is 356 g/mol. The van der Waals surface area contributed by atoms with Crippen molar-refractivity contribution >= 4 is 31.8 Å². The summed E-state index contributed by atoms with van der Waals surface area (Å²) in [5.41, 5.74) is 2.33. The monoisotopic (exact) mass is 376 g/mol. The highest BCUT2D eigenvalue weighted by Gasteiger charge is 2.27. The van der Waals surface area contributed by atoms with Crippen LogP contribution in [0.25, 0.3) is 0 Å². The summed E-state index contributed by atoms with van der Waals surface area (Å²) >= 11 is 3.24. The first-order chi connectivity index (χ1) is 9.96. The number of aromatic nitrogens is 1. The standard InChI is InChI=1S/C13H21BrN4O2S/c1-2-9-3-5-11(6-4-9)18-21(19,20)12-7-10(14)8-16-13(12)17-15/h7-9,11,18H,2-6,15H2,1H3,(H,16,17). The van der Waals surface area contributed by atoms with Crippen LogP contribution in [0, 0.1) is 5.92 Å². The minimum atomic E-state index is -3.63. The topological polar surface area (TPSA) is 97.1 Å². The van der Waals surface area contributed by atoms with E-state index in [1.54, 1.807) is 0 Å². The number of pyridine rings is 1. The average Bonchev–Trinajstić information content (AvgIpc) is 2.47. The number of anilines is 1. The van der Waals surface area contributed by atoms with E-state index in [-0.39, 0.29) is 16.8 Å². The lowest BCUT2D eigenvalue weighted by atomic mass is 9.85. The van der Waals surface area contributed by atoms with E-state index < -0.39 is 10.0 Å². The molecule has 0 amide bonds. The van der Waals surface area contributed by atoms with Crippen molar-refractivity contribution < 1.29 is 8.42 Å². The molecule has 1 aliphatic carbocycles. The largest absolute Gasteiger partial charge is 0.307 e. The quantitative estimate of drug-likeness (QED) is 0.541. The summed E-state index contributed by atoms with van der Waals surface area (Å²) in [4.78, 5) is 4.05. The van der Waals surface area contributed by atoms with Crippen LogP contribution in [0.4, 0.5) is 5.82 Å². The zero-order valence-electron chi connectivity index (χ0n) is 12.0. The molecule has 1 fully saturated rings. The van der Waals surface area contributed by atoms with Crippen molar-refractivity contribution in [2.45, 2.75) is 50.0 Å². The van der Waals surface area contributed by atoms with Crippen LogP contribution in [0.3, 0.4) is 0 Å². The van der Waals surface area contributed by atoms with Crippen molar-refractivity contribution in [2.24, 2.45) is 11.8 Å². The van der Waals surface area contributed by atoms with Gasteiger partial charge in [0.2, 0.25) is 10.0 Å². The molecular formula is C13H21BrN4O2S. The molecule has 0 bridgehead atoms. The maximum absolute atomic E-state index is 12.5. The molecule has 6 nitrogen and oxygen atoms in total. The highest BCUT2D eigenvalue weighted by atomic mass is 79.9. The van der Waals surface area contributed by atoms with Crippen molar-refractivity contribution in [1.29, 1.82) is 0 Å². The molecule has 1 aliphatic rings. The zero-order valence-corrected chi connectivity index (χ0v) is 14.4. The van der Waals surface area contributed by atoms with E-state index in [1.165, 1.54) is 12.3 Å². The molecule has 0 atom stereocenters. The fraction of sp³-hybridized carbons (Fsp3) is 0.615. The van der Waals surface area contributed by atoms with Crippen LogP contribution in [0.1, 0.15) is 39.0 Å². The van der Waals surface area contributed by atoms with Gasteiger partial charge in [-0.3, -0.25) is 0 Å². The van der Waals surface area contributed by atoms with Gasteiger partial charge in [-0.15, -0.1) is 0 Å². The molecule has 1 aromatic rings. The van der Waals surface area contributed by atoms with Gasteiger partial charge in [-0.05, 0) is 53.6 Å². The summed E-state index contributed by atoms with van der Waals surface area (Å²) in [6, 6.07) is 1.49. The van der Waals surface area contributed by atoms with E-state index in [1.807, 2.05) is 0 Å². The van der Waals surface area contributed by atoms with Crippen LogP contribution in [0.2, 0.25) is 0 Å². The van der Waals surface area contributed by atoms with E-state index in [4.69, 9.17) is 5.84 Å². The van der Waals surface area contributed by atoms with E-state index in [9.17, 15) is 8.42 Å². The highest BCUT2D eigenvalue weighted by Crippen LogP contribution is 2.28. The smallest absolute Gasteiger partial charge is 0.244 e. The van der Waals surface area contributed by atoms with Crippen molar-refractivity contribution in [3.63, 3.8) is 0 Å². The number of nitrogens with zero attached hydrogens (tertiary/aromatic N) is 1. The van der Waals surface area contributed by atoms with Gasteiger partial charge in [0, 0.05) is 16.7 Å². The predicted octanol–water partition coefficient (Wildman–Crippen LogP) is 2.38. The minimum Gasteiger partial charge on any atom is -0.307 e. The Balaban J connectivity index is 2.14. The number of hydrogen-bond donors (Lipinski definition) is 3. The molecule has 0 aliphatic heterocycles. The van der Waals surface area contributed by atoms with Gasteiger partial charge in [-0.1, -0.05) is 13.3 Å². The Morgan fingerprint density at radius 1 is 1.38 bits per heavy atom. The molecule has 0 radical (unpaired) electrons. The summed E-state index contributed by atoms with van der Waals surface area (Å²) in [7, 11) is -3.63. The number of nitrogens with one attached hydrogen (secondary N) is 2. The number of sulfonamides is 1. The molecule has 1 aromatic heterocycles. The molecule has 118 valence electrons. The Labute approximate surface area is 134 Å². The number of hydrazine groups is 1. The fourth-order valence-corrected chi connectivity index (χ4v) is 4.64. The van der Waals surface area contributed by atoms with Crippen LogP contribution < -0.4 is 16.0 Å². The molecule has 2 rings (SSSR count). The molecule has 4 N–H and O–H groups in total. The number of rotatable bonds is 5. The predicted molar refractivity (Wildman–Crippen MR) is 86.1 cm³/mol. The van der Waals surface area contributed by atoms with Crippen LogP contribution in [-0.4, -0.2) is 19.4 Å². The second kappa shape index (κ2) is 7.04. The maximum atomic E-state index is 12.5. The van der Waals surface area contributed by atoms with Gasteiger partial charge in [0.25, 0.3) is 0 Å². The molecule has 8 heteroatoms. The summed E-state index contributed by atoms with van der Waals surface area (Å²) in [5.74, 6) is 6.21. The van der Waals surface area contributed by atoms with Gasteiger partial charge < -0.3 is 5.43 Å². The van der Waals surface area contributed by atoms with Crippen LogP contribution in [-0.2, 0) is 10.0 Å². The Kier molecular flexibility index (Phi) is 5.59. The van der Waals surface area contributed by atoms with Gasteiger partial charge in [0.05, 0.1) is 0 Å². The Morgan fingerprint density at radius 2 is 2.05 bits per heavy atom. The average molecular weight is 377 g/mol. The molecule has 1 heterocycles. The third-order valence-electron chi connectivity index (χ3n) is 3.99. The summed E-state index contributed by atoms with van der Waals surface area (Å²) in [6.07, 6.45) is 6.57. The van der Waals surface area contributed by atoms with Gasteiger partial charge in [0.15, 0.2) is 5.82 Å². The Bertz CT molecular complexity index is 586. The number of nitrogen functional groups attached to an aromatic ring is 1. The van der Waals surface area contributed by atoms with E-state index >= 15 is 0 Å². The maximum Gasteiger partial charge on any atom is 0.244 e. The minimum absolute atomic E-state index is 0.0117. The summed E-state index contributed by atoms with van der Waals surface area (Å²) in [5, 5.41) is 0. The molecule has 0 aromatic carbocycles. The first kappa shape index (κ1) is 16.7. The number of hydrogen-bond acceptors (Lipinski definition) is 5. The molecule has 21 heavy (non-hydrogen) atoms. The highest BCUT2D eigenvalue weighted by molar-refractivity contribution is 9.10. The van der Waals surface area contributed by atoms with Crippen LogP contribution in [0.5, 0.6) is 0 Å². The van der Waals surface area contributed by atoms with E-state index in [2.05, 4.69) is 38.0 Å². The lowest BCUT2D eigenvalue weighted by Crippen LogP contribution is -2.38.